The minimum absolute atomic E-state index is 0.0655. The van der Waals surface area contributed by atoms with Gasteiger partial charge in [0.1, 0.15) is 5.69 Å². The van der Waals surface area contributed by atoms with Crippen molar-refractivity contribution in [3.8, 4) is 5.69 Å². The summed E-state index contributed by atoms with van der Waals surface area (Å²) < 4.78 is 1.68. The fraction of sp³-hybridized carbons (Fsp3) is 0.290. The zero-order valence-electron chi connectivity index (χ0n) is 21.6. The first-order valence-electron chi connectivity index (χ1n) is 13.1. The summed E-state index contributed by atoms with van der Waals surface area (Å²) in [6, 6.07) is 26.6. The maximum absolute atomic E-state index is 13.4. The van der Waals surface area contributed by atoms with Crippen LogP contribution in [-0.2, 0) is 13.0 Å². The Morgan fingerprint density at radius 3 is 2.49 bits per heavy atom. The van der Waals surface area contributed by atoms with Gasteiger partial charge in [-0.15, -0.1) is 0 Å². The molecule has 190 valence electrons. The topological polar surface area (TPSA) is 85.0 Å². The molecule has 0 aliphatic heterocycles. The predicted molar refractivity (Wildman–Crippen MR) is 149 cm³/mol. The van der Waals surface area contributed by atoms with Gasteiger partial charge in [-0.05, 0) is 91.2 Å². The second kappa shape index (κ2) is 11.1. The molecule has 6 heteroatoms. The largest absolute Gasteiger partial charge is 0.326 e. The van der Waals surface area contributed by atoms with Gasteiger partial charge in [0.25, 0.3) is 5.91 Å². The van der Waals surface area contributed by atoms with E-state index in [-0.39, 0.29) is 11.9 Å². The molecule has 1 unspecified atom stereocenters. The Morgan fingerprint density at radius 1 is 1.00 bits per heavy atom. The number of carbonyl (C=O) groups excluding carboxylic acids is 1. The van der Waals surface area contributed by atoms with Gasteiger partial charge < -0.3 is 16.4 Å². The molecule has 0 bridgehead atoms. The average Bonchev–Trinajstić information content (AvgIpc) is 3.67. The number of benzene rings is 3. The lowest BCUT2D eigenvalue weighted by atomic mass is 9.96. The van der Waals surface area contributed by atoms with Gasteiger partial charge in [-0.2, -0.15) is 5.10 Å². The molecule has 1 amide bonds. The summed E-state index contributed by atoms with van der Waals surface area (Å²) in [6.45, 7) is 5.50. The molecule has 1 aliphatic rings. The Labute approximate surface area is 218 Å². The van der Waals surface area contributed by atoms with Crippen LogP contribution in [-0.4, -0.2) is 22.2 Å². The van der Waals surface area contributed by atoms with Crippen molar-refractivity contribution in [3.63, 3.8) is 0 Å². The third-order valence-corrected chi connectivity index (χ3v) is 6.93. The number of anilines is 1. The van der Waals surface area contributed by atoms with Crippen LogP contribution >= 0.6 is 0 Å². The lowest BCUT2D eigenvalue weighted by Gasteiger charge is -2.21. The number of hydrogen-bond donors (Lipinski definition) is 3. The third-order valence-electron chi connectivity index (χ3n) is 6.93. The molecule has 1 heterocycles. The van der Waals surface area contributed by atoms with Crippen molar-refractivity contribution >= 4 is 11.6 Å². The summed E-state index contributed by atoms with van der Waals surface area (Å²) in [7, 11) is 0. The molecule has 1 saturated carbocycles. The van der Waals surface area contributed by atoms with Gasteiger partial charge in [0.05, 0.1) is 17.4 Å². The summed E-state index contributed by atoms with van der Waals surface area (Å²) in [5, 5.41) is 11.5. The normalized spacial score (nSPS) is 13.9. The molecular weight excluding hydrogens is 458 g/mol. The fourth-order valence-corrected chi connectivity index (χ4v) is 4.69. The van der Waals surface area contributed by atoms with Crippen LogP contribution in [0.25, 0.3) is 5.69 Å². The van der Waals surface area contributed by atoms with Crippen molar-refractivity contribution in [2.45, 2.75) is 45.7 Å². The minimum atomic E-state index is -0.202. The summed E-state index contributed by atoms with van der Waals surface area (Å²) in [4.78, 5) is 13.4. The fourth-order valence-electron chi connectivity index (χ4n) is 4.69. The Kier molecular flexibility index (Phi) is 7.49. The van der Waals surface area contributed by atoms with E-state index in [0.717, 1.165) is 47.1 Å². The second-order valence-corrected chi connectivity index (χ2v) is 9.92. The number of aromatic nitrogens is 2. The molecule has 4 aromatic rings. The van der Waals surface area contributed by atoms with Gasteiger partial charge in [-0.3, -0.25) is 4.79 Å². The van der Waals surface area contributed by atoms with Crippen molar-refractivity contribution in [1.29, 1.82) is 0 Å². The number of carbonyl (C=O) groups is 1. The van der Waals surface area contributed by atoms with Crippen LogP contribution in [0.3, 0.4) is 0 Å². The smallest absolute Gasteiger partial charge is 0.274 e. The van der Waals surface area contributed by atoms with Gasteiger partial charge in [0.15, 0.2) is 0 Å². The van der Waals surface area contributed by atoms with E-state index in [4.69, 9.17) is 5.73 Å². The van der Waals surface area contributed by atoms with Gasteiger partial charge in [-0.25, -0.2) is 4.68 Å². The first-order chi connectivity index (χ1) is 18.0. The molecule has 6 nitrogen and oxygen atoms in total. The molecule has 4 N–H and O–H groups in total. The van der Waals surface area contributed by atoms with E-state index >= 15 is 0 Å². The first kappa shape index (κ1) is 24.9. The molecule has 1 atom stereocenters. The van der Waals surface area contributed by atoms with E-state index in [2.05, 4.69) is 59.1 Å². The van der Waals surface area contributed by atoms with Crippen molar-refractivity contribution in [3.05, 3.63) is 113 Å². The molecule has 0 saturated heterocycles. The Bertz CT molecular complexity index is 1390. The van der Waals surface area contributed by atoms with Crippen LogP contribution < -0.4 is 16.4 Å². The van der Waals surface area contributed by atoms with E-state index in [1.165, 1.54) is 24.0 Å². The Balaban J connectivity index is 1.41. The lowest BCUT2D eigenvalue weighted by Crippen LogP contribution is -2.25. The van der Waals surface area contributed by atoms with Crippen LogP contribution in [0.5, 0.6) is 0 Å². The van der Waals surface area contributed by atoms with E-state index in [1.54, 1.807) is 4.68 Å². The number of aryl methyl sites for hydroxylation is 2. The highest BCUT2D eigenvalue weighted by molar-refractivity contribution is 6.03. The van der Waals surface area contributed by atoms with Crippen LogP contribution in [0.4, 0.5) is 5.69 Å². The molecule has 0 spiro atoms. The van der Waals surface area contributed by atoms with E-state index < -0.39 is 0 Å². The second-order valence-electron chi connectivity index (χ2n) is 9.92. The molecular formula is C31H35N5O. The maximum Gasteiger partial charge on any atom is 0.274 e. The van der Waals surface area contributed by atoms with Crippen LogP contribution in [0, 0.1) is 12.8 Å². The summed E-state index contributed by atoms with van der Waals surface area (Å²) in [5.74, 6) is 0.562. The molecule has 1 aliphatic carbocycles. The maximum atomic E-state index is 13.4. The molecule has 1 fully saturated rings. The van der Waals surface area contributed by atoms with Gasteiger partial charge in [0.2, 0.25) is 0 Å². The number of rotatable bonds is 10. The average molecular weight is 494 g/mol. The molecule has 0 radical (unpaired) electrons. The predicted octanol–water partition coefficient (Wildman–Crippen LogP) is 5.54. The zero-order chi connectivity index (χ0) is 25.8. The van der Waals surface area contributed by atoms with Crippen LogP contribution in [0.15, 0.2) is 78.9 Å². The third kappa shape index (κ3) is 5.98. The highest BCUT2D eigenvalue weighted by Gasteiger charge is 2.24. The summed E-state index contributed by atoms with van der Waals surface area (Å²) in [5.41, 5.74) is 13.3. The number of nitrogens with zero attached hydrogens (tertiary/aromatic N) is 2. The van der Waals surface area contributed by atoms with Gasteiger partial charge >= 0.3 is 0 Å². The molecule has 37 heavy (non-hydrogen) atoms. The SMILES string of the molecule is CCc1cccc(C(NCC2CC2)c2cccc(NC(=O)c3cc(C)nn3-c3cccc(CN)c3)c2)c1. The van der Waals surface area contributed by atoms with Crippen LogP contribution in [0.2, 0.25) is 0 Å². The highest BCUT2D eigenvalue weighted by Crippen LogP contribution is 2.31. The monoisotopic (exact) mass is 493 g/mol. The van der Waals surface area contributed by atoms with Crippen molar-refractivity contribution in [2.24, 2.45) is 11.7 Å². The van der Waals surface area contributed by atoms with Crippen molar-refractivity contribution in [2.75, 3.05) is 11.9 Å². The van der Waals surface area contributed by atoms with E-state index in [1.807, 2.05) is 49.4 Å². The lowest BCUT2D eigenvalue weighted by molar-refractivity contribution is 0.101. The van der Waals surface area contributed by atoms with Crippen LogP contribution in [0.1, 0.15) is 64.2 Å². The standard InChI is InChI=1S/C31H35N5O/c1-3-22-7-4-9-25(16-22)30(33-20-23-13-14-23)26-10-6-11-27(18-26)34-31(37)29-15-21(2)35-36(29)28-12-5-8-24(17-28)19-32/h4-12,15-18,23,30,33H,3,13-14,19-20,32H2,1-2H3,(H,34,37). The van der Waals surface area contributed by atoms with Crippen molar-refractivity contribution < 1.29 is 4.79 Å². The van der Waals surface area contributed by atoms with E-state index in [9.17, 15) is 4.79 Å². The number of nitrogens with one attached hydrogen (secondary N) is 2. The minimum Gasteiger partial charge on any atom is -0.326 e. The first-order valence-corrected chi connectivity index (χ1v) is 13.1. The highest BCUT2D eigenvalue weighted by atomic mass is 16.2. The van der Waals surface area contributed by atoms with E-state index in [0.29, 0.717) is 12.2 Å². The molecule has 5 rings (SSSR count). The number of amides is 1. The Morgan fingerprint density at radius 2 is 1.73 bits per heavy atom. The number of nitrogens with two attached hydrogens (primary N) is 1. The zero-order valence-corrected chi connectivity index (χ0v) is 21.6. The molecule has 3 aromatic carbocycles. The quantitative estimate of drug-likeness (QED) is 0.271. The van der Waals surface area contributed by atoms with Crippen molar-refractivity contribution in [1.82, 2.24) is 15.1 Å². The molecule has 1 aromatic heterocycles. The van der Waals surface area contributed by atoms with Gasteiger partial charge in [-0.1, -0.05) is 55.5 Å². The summed E-state index contributed by atoms with van der Waals surface area (Å²) in [6.07, 6.45) is 3.60. The Hall–Kier alpha value is -3.74. The van der Waals surface area contributed by atoms with Gasteiger partial charge in [0, 0.05) is 12.2 Å². The number of hydrogen-bond acceptors (Lipinski definition) is 4. The summed E-state index contributed by atoms with van der Waals surface area (Å²) >= 11 is 0.